The van der Waals surface area contributed by atoms with E-state index in [2.05, 4.69) is 22.4 Å². The van der Waals surface area contributed by atoms with Crippen LogP contribution < -0.4 is 11.3 Å². The summed E-state index contributed by atoms with van der Waals surface area (Å²) in [5, 5.41) is 0.758. The fraction of sp³-hybridized carbons (Fsp3) is 0.214. The van der Waals surface area contributed by atoms with Crippen LogP contribution in [-0.2, 0) is 13.1 Å². The second-order valence-corrected chi connectivity index (χ2v) is 4.89. The normalized spacial score (nSPS) is 10.7. The molecule has 0 saturated heterocycles. The van der Waals surface area contributed by atoms with Crippen LogP contribution in [0, 0.1) is 0 Å². The molecule has 0 spiro atoms. The van der Waals surface area contributed by atoms with Gasteiger partial charge in [0.2, 0.25) is 0 Å². The van der Waals surface area contributed by atoms with Crippen LogP contribution in [0.15, 0.2) is 42.6 Å². The molecule has 0 amide bonds. The number of benzene rings is 1. The van der Waals surface area contributed by atoms with Gasteiger partial charge in [-0.1, -0.05) is 29.8 Å². The molecule has 0 saturated carbocycles. The zero-order valence-corrected chi connectivity index (χ0v) is 11.6. The van der Waals surface area contributed by atoms with Crippen molar-refractivity contribution in [1.29, 1.82) is 0 Å². The average molecular weight is 277 g/mol. The maximum atomic E-state index is 5.87. The van der Waals surface area contributed by atoms with Crippen LogP contribution in [0.5, 0.6) is 0 Å². The number of nitrogens with two attached hydrogens (primary N) is 1. The number of nitrogen functional groups attached to an aromatic ring is 1. The van der Waals surface area contributed by atoms with Crippen molar-refractivity contribution in [3.8, 4) is 0 Å². The topological polar surface area (TPSA) is 54.2 Å². The minimum Gasteiger partial charge on any atom is -0.308 e. The van der Waals surface area contributed by atoms with Gasteiger partial charge in [-0.3, -0.25) is 4.90 Å². The van der Waals surface area contributed by atoms with Crippen LogP contribution in [-0.4, -0.2) is 16.9 Å². The molecule has 0 aliphatic rings. The Morgan fingerprint density at radius 2 is 1.95 bits per heavy atom. The van der Waals surface area contributed by atoms with E-state index < -0.39 is 0 Å². The van der Waals surface area contributed by atoms with E-state index in [-0.39, 0.29) is 0 Å². The maximum absolute atomic E-state index is 5.87. The zero-order chi connectivity index (χ0) is 13.7. The van der Waals surface area contributed by atoms with Crippen LogP contribution in [0.4, 0.5) is 5.82 Å². The van der Waals surface area contributed by atoms with Crippen molar-refractivity contribution >= 4 is 17.4 Å². The third-order valence-electron chi connectivity index (χ3n) is 2.83. The van der Waals surface area contributed by atoms with Crippen LogP contribution in [0.2, 0.25) is 5.02 Å². The smallest absolute Gasteiger partial charge is 0.144 e. The van der Waals surface area contributed by atoms with Gasteiger partial charge in [0.15, 0.2) is 0 Å². The lowest BCUT2D eigenvalue weighted by Crippen LogP contribution is -2.19. The minimum absolute atomic E-state index is 0.713. The first-order chi connectivity index (χ1) is 9.19. The molecule has 4 nitrogen and oxygen atoms in total. The van der Waals surface area contributed by atoms with E-state index in [1.807, 2.05) is 36.4 Å². The van der Waals surface area contributed by atoms with Crippen LogP contribution in [0.25, 0.3) is 0 Å². The Hall–Kier alpha value is -1.62. The molecule has 1 heterocycles. The SMILES string of the molecule is CN(Cc1ccc(Cl)cc1)Cc1cccnc1NN. The van der Waals surface area contributed by atoms with Gasteiger partial charge in [-0.15, -0.1) is 0 Å². The van der Waals surface area contributed by atoms with Crippen molar-refractivity contribution in [2.75, 3.05) is 12.5 Å². The monoisotopic (exact) mass is 276 g/mol. The molecule has 2 rings (SSSR count). The number of pyridine rings is 1. The lowest BCUT2D eigenvalue weighted by molar-refractivity contribution is 0.319. The van der Waals surface area contributed by atoms with E-state index in [1.54, 1.807) is 6.20 Å². The number of nitrogens with zero attached hydrogens (tertiary/aromatic N) is 2. The lowest BCUT2D eigenvalue weighted by Gasteiger charge is -2.18. The highest BCUT2D eigenvalue weighted by atomic mass is 35.5. The number of halogens is 1. The fourth-order valence-corrected chi connectivity index (χ4v) is 2.07. The summed E-state index contributed by atoms with van der Waals surface area (Å²) in [5.41, 5.74) is 4.91. The van der Waals surface area contributed by atoms with Crippen molar-refractivity contribution in [3.05, 3.63) is 58.7 Å². The molecule has 0 radical (unpaired) electrons. The Labute approximate surface area is 118 Å². The molecule has 1 aromatic carbocycles. The molecule has 0 aliphatic heterocycles. The van der Waals surface area contributed by atoms with E-state index in [4.69, 9.17) is 17.4 Å². The fourth-order valence-electron chi connectivity index (χ4n) is 1.94. The van der Waals surface area contributed by atoms with E-state index in [9.17, 15) is 0 Å². The minimum atomic E-state index is 0.713. The third-order valence-corrected chi connectivity index (χ3v) is 3.09. The van der Waals surface area contributed by atoms with Crippen molar-refractivity contribution in [1.82, 2.24) is 9.88 Å². The molecule has 5 heteroatoms. The Balaban J connectivity index is 2.01. The molecule has 0 fully saturated rings. The van der Waals surface area contributed by atoms with Gasteiger partial charge in [0.25, 0.3) is 0 Å². The number of hydrazine groups is 1. The highest BCUT2D eigenvalue weighted by molar-refractivity contribution is 6.30. The van der Waals surface area contributed by atoms with Gasteiger partial charge in [-0.2, -0.15) is 0 Å². The number of rotatable bonds is 5. The first-order valence-electron chi connectivity index (χ1n) is 6.02. The lowest BCUT2D eigenvalue weighted by atomic mass is 10.2. The summed E-state index contributed by atoms with van der Waals surface area (Å²) in [4.78, 5) is 6.38. The molecule has 100 valence electrons. The second kappa shape index (κ2) is 6.52. The van der Waals surface area contributed by atoms with E-state index in [0.717, 1.165) is 23.7 Å². The molecule has 19 heavy (non-hydrogen) atoms. The largest absolute Gasteiger partial charge is 0.308 e. The summed E-state index contributed by atoms with van der Waals surface area (Å²) >= 11 is 5.87. The summed E-state index contributed by atoms with van der Waals surface area (Å²) in [6.07, 6.45) is 1.72. The Kier molecular flexibility index (Phi) is 4.74. The predicted octanol–water partition coefficient (Wildman–Crippen LogP) is 2.65. The quantitative estimate of drug-likeness (QED) is 0.651. The molecule has 0 unspecified atom stereocenters. The van der Waals surface area contributed by atoms with Crippen LogP contribution in [0.3, 0.4) is 0 Å². The van der Waals surface area contributed by atoms with Crippen LogP contribution >= 0.6 is 11.6 Å². The third kappa shape index (κ3) is 3.92. The summed E-state index contributed by atoms with van der Waals surface area (Å²) in [7, 11) is 2.06. The van der Waals surface area contributed by atoms with E-state index in [0.29, 0.717) is 5.82 Å². The van der Waals surface area contributed by atoms with Gasteiger partial charge in [0.05, 0.1) is 0 Å². The molecule has 1 aromatic heterocycles. The van der Waals surface area contributed by atoms with Crippen molar-refractivity contribution in [3.63, 3.8) is 0 Å². The number of anilines is 1. The molecule has 3 N–H and O–H groups in total. The van der Waals surface area contributed by atoms with E-state index >= 15 is 0 Å². The van der Waals surface area contributed by atoms with Crippen LogP contribution in [0.1, 0.15) is 11.1 Å². The predicted molar refractivity (Wildman–Crippen MR) is 78.7 cm³/mol. The average Bonchev–Trinajstić information content (AvgIpc) is 2.42. The molecule has 0 bridgehead atoms. The van der Waals surface area contributed by atoms with Gasteiger partial charge in [-0.25, -0.2) is 10.8 Å². The van der Waals surface area contributed by atoms with Gasteiger partial charge in [0.1, 0.15) is 5.82 Å². The number of nitrogens with one attached hydrogen (secondary N) is 1. The van der Waals surface area contributed by atoms with Gasteiger partial charge in [0, 0.05) is 29.9 Å². The highest BCUT2D eigenvalue weighted by Crippen LogP contribution is 2.15. The maximum Gasteiger partial charge on any atom is 0.144 e. The summed E-state index contributed by atoms with van der Waals surface area (Å²) in [6.45, 7) is 1.62. The first kappa shape index (κ1) is 13.8. The highest BCUT2D eigenvalue weighted by Gasteiger charge is 2.06. The standard InChI is InChI=1S/C14H17ClN4/c1-19(9-11-4-6-13(15)7-5-11)10-12-3-2-8-17-14(12)18-16/h2-8H,9-10,16H2,1H3,(H,17,18). The number of hydrogen-bond donors (Lipinski definition) is 2. The Morgan fingerprint density at radius 3 is 2.63 bits per heavy atom. The second-order valence-electron chi connectivity index (χ2n) is 4.45. The number of aromatic nitrogens is 1. The van der Waals surface area contributed by atoms with E-state index in [1.165, 1.54) is 5.56 Å². The Bertz CT molecular complexity index is 527. The molecular weight excluding hydrogens is 260 g/mol. The summed E-state index contributed by atoms with van der Waals surface area (Å²) < 4.78 is 0. The molecule has 2 aromatic rings. The molecule has 0 aliphatic carbocycles. The van der Waals surface area contributed by atoms with Gasteiger partial charge in [-0.05, 0) is 30.8 Å². The molecular formula is C14H17ClN4. The summed E-state index contributed by atoms with van der Waals surface area (Å²) in [5.74, 6) is 6.16. The van der Waals surface area contributed by atoms with Crippen molar-refractivity contribution in [2.24, 2.45) is 5.84 Å². The molecule has 0 atom stereocenters. The summed E-state index contributed by atoms with van der Waals surface area (Å²) in [6, 6.07) is 11.8. The van der Waals surface area contributed by atoms with Gasteiger partial charge < -0.3 is 5.43 Å². The zero-order valence-electron chi connectivity index (χ0n) is 10.8. The Morgan fingerprint density at radius 1 is 1.21 bits per heavy atom. The van der Waals surface area contributed by atoms with Gasteiger partial charge >= 0.3 is 0 Å². The number of hydrogen-bond acceptors (Lipinski definition) is 4. The van der Waals surface area contributed by atoms with Crippen molar-refractivity contribution in [2.45, 2.75) is 13.1 Å². The van der Waals surface area contributed by atoms with Crippen molar-refractivity contribution < 1.29 is 0 Å². The first-order valence-corrected chi connectivity index (χ1v) is 6.40.